The second kappa shape index (κ2) is 8.14. The summed E-state index contributed by atoms with van der Waals surface area (Å²) in [6.07, 6.45) is 5.44. The lowest BCUT2D eigenvalue weighted by molar-refractivity contribution is -0.124. The van der Waals surface area contributed by atoms with Crippen molar-refractivity contribution in [3.8, 4) is 0 Å². The molecule has 7 nitrogen and oxygen atoms in total. The molecule has 2 amide bonds. The predicted molar refractivity (Wildman–Crippen MR) is 97.2 cm³/mol. The first-order valence-electron chi connectivity index (χ1n) is 8.66. The van der Waals surface area contributed by atoms with Gasteiger partial charge in [-0.15, -0.1) is 0 Å². The van der Waals surface area contributed by atoms with Crippen molar-refractivity contribution in [3.05, 3.63) is 33.2 Å². The number of carbonyl (C=O) groups is 2. The minimum atomic E-state index is -0.199. The van der Waals surface area contributed by atoms with Gasteiger partial charge in [-0.2, -0.15) is 0 Å². The number of hydrogen-bond acceptors (Lipinski definition) is 4. The summed E-state index contributed by atoms with van der Waals surface area (Å²) < 4.78 is 2.15. The highest BCUT2D eigenvalue weighted by Gasteiger charge is 2.26. The molecule has 1 aliphatic carbocycles. The average Bonchev–Trinajstić information content (AvgIpc) is 3.36. The molecule has 0 atom stereocenters. The van der Waals surface area contributed by atoms with Gasteiger partial charge in [0.05, 0.1) is 6.54 Å². The van der Waals surface area contributed by atoms with Crippen LogP contribution in [0.1, 0.15) is 25.7 Å². The summed E-state index contributed by atoms with van der Waals surface area (Å²) in [5.41, 5.74) is -0.199. The van der Waals surface area contributed by atoms with E-state index in [2.05, 4.69) is 31.5 Å². The zero-order chi connectivity index (χ0) is 17.8. The fraction of sp³-hybridized carbons (Fsp3) is 0.588. The first-order chi connectivity index (χ1) is 12.0. The highest BCUT2D eigenvalue weighted by Crippen LogP contribution is 2.18. The van der Waals surface area contributed by atoms with Gasteiger partial charge in [0, 0.05) is 41.9 Å². The lowest BCUT2D eigenvalue weighted by atomic mass is 10.0. The minimum absolute atomic E-state index is 0.0162. The Kier molecular flexibility index (Phi) is 5.90. The molecular weight excluding hydrogens is 388 g/mol. The highest BCUT2D eigenvalue weighted by atomic mass is 79.9. The van der Waals surface area contributed by atoms with E-state index in [9.17, 15) is 14.4 Å². The van der Waals surface area contributed by atoms with Gasteiger partial charge in [-0.3, -0.25) is 19.3 Å². The van der Waals surface area contributed by atoms with Crippen LogP contribution in [0.3, 0.4) is 0 Å². The van der Waals surface area contributed by atoms with E-state index in [0.29, 0.717) is 12.6 Å². The summed E-state index contributed by atoms with van der Waals surface area (Å²) in [5, 5.41) is 5.98. The van der Waals surface area contributed by atoms with E-state index in [0.717, 1.165) is 43.2 Å². The third-order valence-corrected chi connectivity index (χ3v) is 4.99. The molecule has 3 rings (SSSR count). The van der Waals surface area contributed by atoms with Gasteiger partial charge >= 0.3 is 0 Å². The molecule has 1 saturated heterocycles. The van der Waals surface area contributed by atoms with Crippen molar-refractivity contribution in [2.45, 2.75) is 44.3 Å². The van der Waals surface area contributed by atoms with Gasteiger partial charge in [-0.25, -0.2) is 0 Å². The zero-order valence-electron chi connectivity index (χ0n) is 14.0. The van der Waals surface area contributed by atoms with Crippen LogP contribution < -0.4 is 16.2 Å². The van der Waals surface area contributed by atoms with Gasteiger partial charge < -0.3 is 15.2 Å². The monoisotopic (exact) mass is 410 g/mol. The van der Waals surface area contributed by atoms with Gasteiger partial charge in [-0.05, 0) is 47.7 Å². The van der Waals surface area contributed by atoms with Gasteiger partial charge in [0.1, 0.15) is 6.54 Å². The summed E-state index contributed by atoms with van der Waals surface area (Å²) >= 11 is 3.30. The third kappa shape index (κ3) is 5.67. The first kappa shape index (κ1) is 18.1. The molecule has 0 bridgehead atoms. The van der Waals surface area contributed by atoms with Crippen molar-refractivity contribution in [1.29, 1.82) is 0 Å². The summed E-state index contributed by atoms with van der Waals surface area (Å²) in [5.74, 6) is -0.0656. The van der Waals surface area contributed by atoms with E-state index in [1.54, 1.807) is 12.3 Å². The van der Waals surface area contributed by atoms with Crippen LogP contribution in [0.15, 0.2) is 27.6 Å². The summed E-state index contributed by atoms with van der Waals surface area (Å²) in [7, 11) is 0. The van der Waals surface area contributed by atoms with Crippen molar-refractivity contribution in [2.24, 2.45) is 0 Å². The van der Waals surface area contributed by atoms with E-state index in [4.69, 9.17) is 0 Å². The van der Waals surface area contributed by atoms with Crippen molar-refractivity contribution < 1.29 is 9.59 Å². The summed E-state index contributed by atoms with van der Waals surface area (Å²) in [6, 6.07) is 3.58. The normalized spacial score (nSPS) is 18.8. The number of rotatable bonds is 6. The number of pyridine rings is 1. The fourth-order valence-electron chi connectivity index (χ4n) is 2.99. The van der Waals surface area contributed by atoms with Crippen LogP contribution in [-0.2, 0) is 16.1 Å². The molecule has 25 heavy (non-hydrogen) atoms. The molecule has 1 saturated carbocycles. The number of likely N-dealkylation sites (tertiary alicyclic amines) is 1. The van der Waals surface area contributed by atoms with Crippen LogP contribution >= 0.6 is 15.9 Å². The molecule has 2 N–H and O–H groups in total. The molecule has 0 radical (unpaired) electrons. The maximum atomic E-state index is 12.2. The van der Waals surface area contributed by atoms with Crippen LogP contribution in [0.2, 0.25) is 0 Å². The number of nitrogens with zero attached hydrogens (tertiary/aromatic N) is 2. The quantitative estimate of drug-likeness (QED) is 0.713. The Hall–Kier alpha value is -1.67. The zero-order valence-corrected chi connectivity index (χ0v) is 15.6. The topological polar surface area (TPSA) is 83.4 Å². The molecule has 0 aromatic carbocycles. The van der Waals surface area contributed by atoms with Crippen LogP contribution in [-0.4, -0.2) is 53.0 Å². The Morgan fingerprint density at radius 2 is 1.60 bits per heavy atom. The average molecular weight is 411 g/mol. The first-order valence-corrected chi connectivity index (χ1v) is 9.46. The number of nitrogens with one attached hydrogen (secondary N) is 2. The molecule has 8 heteroatoms. The maximum Gasteiger partial charge on any atom is 0.251 e. The van der Waals surface area contributed by atoms with Crippen molar-refractivity contribution in [3.63, 3.8) is 0 Å². The summed E-state index contributed by atoms with van der Waals surface area (Å²) in [4.78, 5) is 37.9. The second-order valence-corrected chi connectivity index (χ2v) is 7.69. The molecule has 2 fully saturated rings. The Balaban J connectivity index is 1.40. The highest BCUT2D eigenvalue weighted by molar-refractivity contribution is 9.10. The van der Waals surface area contributed by atoms with Crippen molar-refractivity contribution >= 4 is 27.7 Å². The van der Waals surface area contributed by atoms with Crippen LogP contribution in [0.25, 0.3) is 0 Å². The molecule has 1 aromatic heterocycles. The number of halogens is 1. The smallest absolute Gasteiger partial charge is 0.251 e. The molecule has 2 aliphatic rings. The SMILES string of the molecule is O=C(CN1CCC(NC(=O)Cn2cc(Br)ccc2=O)CC1)NC1CC1. The molecule has 0 unspecified atom stereocenters. The minimum Gasteiger partial charge on any atom is -0.352 e. The van der Waals surface area contributed by atoms with Crippen molar-refractivity contribution in [1.82, 2.24) is 20.1 Å². The Morgan fingerprint density at radius 1 is 1.00 bits per heavy atom. The van der Waals surface area contributed by atoms with Crippen LogP contribution in [0.5, 0.6) is 0 Å². The molecule has 1 aromatic rings. The summed E-state index contributed by atoms with van der Waals surface area (Å²) in [6.45, 7) is 2.03. The van der Waals surface area contributed by atoms with Gasteiger partial charge in [0.25, 0.3) is 5.56 Å². The van der Waals surface area contributed by atoms with Gasteiger partial charge in [0.15, 0.2) is 0 Å². The van der Waals surface area contributed by atoms with E-state index in [-0.39, 0.29) is 30.0 Å². The standard InChI is InChI=1S/C17H23BrN4O3/c18-12-1-4-17(25)22(9-12)11-16(24)20-14-5-7-21(8-6-14)10-15(23)19-13-2-3-13/h1,4,9,13-14H,2-3,5-8,10-11H2,(H,19,23)(H,20,24). The van der Waals surface area contributed by atoms with E-state index >= 15 is 0 Å². The number of piperidine rings is 1. The molecule has 0 spiro atoms. The van der Waals surface area contributed by atoms with Gasteiger partial charge in [-0.1, -0.05) is 0 Å². The van der Waals surface area contributed by atoms with Crippen LogP contribution in [0, 0.1) is 0 Å². The molecule has 136 valence electrons. The number of amides is 2. The predicted octanol–water partition coefficient (Wildman–Crippen LogP) is 0.470. The molecular formula is C17H23BrN4O3. The molecule has 1 aliphatic heterocycles. The lowest BCUT2D eigenvalue weighted by Crippen LogP contribution is -2.48. The molecule has 2 heterocycles. The number of hydrogen-bond donors (Lipinski definition) is 2. The largest absolute Gasteiger partial charge is 0.352 e. The number of aromatic nitrogens is 1. The second-order valence-electron chi connectivity index (χ2n) is 6.77. The van der Waals surface area contributed by atoms with Crippen molar-refractivity contribution in [2.75, 3.05) is 19.6 Å². The third-order valence-electron chi connectivity index (χ3n) is 4.52. The van der Waals surface area contributed by atoms with E-state index in [1.807, 2.05) is 0 Å². The Morgan fingerprint density at radius 3 is 2.24 bits per heavy atom. The Bertz CT molecular complexity index is 693. The van der Waals surface area contributed by atoms with E-state index < -0.39 is 0 Å². The van der Waals surface area contributed by atoms with Gasteiger partial charge in [0.2, 0.25) is 11.8 Å². The lowest BCUT2D eigenvalue weighted by Gasteiger charge is -2.31. The maximum absolute atomic E-state index is 12.2. The number of carbonyl (C=O) groups excluding carboxylic acids is 2. The fourth-order valence-corrected chi connectivity index (χ4v) is 3.37. The van der Waals surface area contributed by atoms with E-state index in [1.165, 1.54) is 10.6 Å². The van der Waals surface area contributed by atoms with Crippen LogP contribution in [0.4, 0.5) is 0 Å². The Labute approximate surface area is 154 Å².